The molecule has 0 spiro atoms. The second-order valence-electron chi connectivity index (χ2n) is 6.57. The predicted molar refractivity (Wildman–Crippen MR) is 105 cm³/mol. The van der Waals surface area contributed by atoms with Crippen molar-refractivity contribution in [3.05, 3.63) is 58.8 Å². The van der Waals surface area contributed by atoms with E-state index in [4.69, 9.17) is 5.10 Å². The van der Waals surface area contributed by atoms with E-state index in [1.54, 1.807) is 15.9 Å². The van der Waals surface area contributed by atoms with Crippen LogP contribution in [0.5, 0.6) is 0 Å². The van der Waals surface area contributed by atoms with E-state index >= 15 is 0 Å². The minimum Gasteiger partial charge on any atom is -0.366 e. The maximum Gasteiger partial charge on any atom is 0.186 e. The molecule has 0 radical (unpaired) electrons. The van der Waals surface area contributed by atoms with E-state index < -0.39 is 11.6 Å². The first kappa shape index (κ1) is 17.1. The molecule has 3 aromatic heterocycles. The minimum atomic E-state index is -0.431. The number of halogens is 2. The molecule has 28 heavy (non-hydrogen) atoms. The summed E-state index contributed by atoms with van der Waals surface area (Å²) < 4.78 is 29.3. The Kier molecular flexibility index (Phi) is 4.16. The van der Waals surface area contributed by atoms with E-state index in [1.807, 2.05) is 33.9 Å². The molecule has 1 aliphatic heterocycles. The zero-order chi connectivity index (χ0) is 19.1. The average Bonchev–Trinajstić information content (AvgIpc) is 3.39. The van der Waals surface area contributed by atoms with E-state index in [9.17, 15) is 8.78 Å². The number of nitrogens with zero attached hydrogens (tertiary/aromatic N) is 6. The molecule has 4 heterocycles. The van der Waals surface area contributed by atoms with Gasteiger partial charge in [-0.25, -0.2) is 8.78 Å². The van der Waals surface area contributed by atoms with Gasteiger partial charge in [0.05, 0.1) is 5.69 Å². The third-order valence-electron chi connectivity index (χ3n) is 4.88. The molecular formula is C19H16F2N6S. The molecule has 6 nitrogen and oxygen atoms in total. The van der Waals surface area contributed by atoms with Gasteiger partial charge in [0.1, 0.15) is 17.5 Å². The molecule has 9 heteroatoms. The first-order valence-corrected chi connectivity index (χ1v) is 9.83. The largest absolute Gasteiger partial charge is 0.366 e. The molecule has 1 saturated heterocycles. The van der Waals surface area contributed by atoms with Crippen LogP contribution in [0.15, 0.2) is 47.2 Å². The summed E-state index contributed by atoms with van der Waals surface area (Å²) in [6.45, 7) is 2.48. The van der Waals surface area contributed by atoms with Crippen molar-refractivity contribution in [2.24, 2.45) is 0 Å². The van der Waals surface area contributed by atoms with Crippen LogP contribution in [0.4, 0.5) is 20.3 Å². The number of rotatable bonds is 3. The van der Waals surface area contributed by atoms with Gasteiger partial charge >= 0.3 is 0 Å². The van der Waals surface area contributed by atoms with Gasteiger partial charge in [-0.05, 0) is 35.7 Å². The van der Waals surface area contributed by atoms with Gasteiger partial charge in [-0.1, -0.05) is 0 Å². The Morgan fingerprint density at radius 2 is 1.71 bits per heavy atom. The van der Waals surface area contributed by atoms with Crippen LogP contribution in [-0.2, 0) is 0 Å². The van der Waals surface area contributed by atoms with Crippen molar-refractivity contribution in [2.45, 2.75) is 0 Å². The van der Waals surface area contributed by atoms with Crippen molar-refractivity contribution >= 4 is 28.5 Å². The van der Waals surface area contributed by atoms with Crippen molar-refractivity contribution in [3.8, 4) is 11.4 Å². The van der Waals surface area contributed by atoms with Gasteiger partial charge in [0.25, 0.3) is 0 Å². The molecule has 0 aliphatic carbocycles. The molecule has 0 amide bonds. The third kappa shape index (κ3) is 2.97. The van der Waals surface area contributed by atoms with Gasteiger partial charge in [-0.15, -0.1) is 15.3 Å². The van der Waals surface area contributed by atoms with Gasteiger partial charge in [0, 0.05) is 43.2 Å². The summed E-state index contributed by atoms with van der Waals surface area (Å²) in [7, 11) is 0. The maximum atomic E-state index is 14.0. The Bertz CT molecular complexity index is 1120. The lowest BCUT2D eigenvalue weighted by Gasteiger charge is -2.36. The number of benzene rings is 1. The fourth-order valence-corrected chi connectivity index (χ4v) is 4.06. The Morgan fingerprint density at radius 1 is 0.893 bits per heavy atom. The molecule has 1 aromatic carbocycles. The van der Waals surface area contributed by atoms with Gasteiger partial charge < -0.3 is 9.80 Å². The molecule has 1 aliphatic rings. The summed E-state index contributed by atoms with van der Waals surface area (Å²) in [4.78, 5) is 3.99. The van der Waals surface area contributed by atoms with E-state index in [0.29, 0.717) is 43.3 Å². The number of anilines is 2. The first-order chi connectivity index (χ1) is 13.7. The lowest BCUT2D eigenvalue weighted by atomic mass is 10.2. The van der Waals surface area contributed by atoms with E-state index in [1.165, 1.54) is 12.1 Å². The first-order valence-electron chi connectivity index (χ1n) is 8.89. The van der Waals surface area contributed by atoms with Crippen LogP contribution in [-0.4, -0.2) is 46.0 Å². The molecule has 0 bridgehead atoms. The number of hydrogen-bond acceptors (Lipinski definition) is 6. The van der Waals surface area contributed by atoms with Crippen molar-refractivity contribution < 1.29 is 8.78 Å². The zero-order valence-corrected chi connectivity index (χ0v) is 15.6. The predicted octanol–water partition coefficient (Wildman–Crippen LogP) is 3.46. The number of fused-ring (bicyclic) bond motifs is 1. The van der Waals surface area contributed by atoms with Crippen molar-refractivity contribution in [3.63, 3.8) is 0 Å². The summed E-state index contributed by atoms with van der Waals surface area (Å²) in [5.41, 5.74) is 1.97. The Balaban J connectivity index is 1.38. The summed E-state index contributed by atoms with van der Waals surface area (Å²) in [5.74, 6) is 0.681. The third-order valence-corrected chi connectivity index (χ3v) is 5.56. The van der Waals surface area contributed by atoms with Gasteiger partial charge in [-0.3, -0.25) is 0 Å². The van der Waals surface area contributed by atoms with Crippen LogP contribution in [0, 0.1) is 11.6 Å². The quantitative estimate of drug-likeness (QED) is 0.529. The van der Waals surface area contributed by atoms with Gasteiger partial charge in [0.15, 0.2) is 11.5 Å². The number of thiophene rings is 1. The molecule has 1 fully saturated rings. The van der Waals surface area contributed by atoms with Crippen LogP contribution in [0.25, 0.3) is 17.0 Å². The van der Waals surface area contributed by atoms with Crippen LogP contribution in [0.3, 0.4) is 0 Å². The highest BCUT2D eigenvalue weighted by Crippen LogP contribution is 2.25. The maximum absolute atomic E-state index is 14.0. The second-order valence-corrected chi connectivity index (χ2v) is 7.35. The summed E-state index contributed by atoms with van der Waals surface area (Å²) in [5, 5.41) is 17.1. The smallest absolute Gasteiger partial charge is 0.186 e. The number of hydrogen-bond donors (Lipinski definition) is 0. The van der Waals surface area contributed by atoms with E-state index in [0.717, 1.165) is 17.4 Å². The van der Waals surface area contributed by atoms with Crippen molar-refractivity contribution in [1.82, 2.24) is 19.8 Å². The standard InChI is InChI=1S/C19H16F2N6S/c20-14-1-2-15(21)16(11-14)25-6-8-26(9-7-25)18-4-3-17-22-23-19(27(17)24-18)13-5-10-28-12-13/h1-5,10-12H,6-9H2. The topological polar surface area (TPSA) is 49.6 Å². The Morgan fingerprint density at radius 3 is 2.50 bits per heavy atom. The summed E-state index contributed by atoms with van der Waals surface area (Å²) in [6, 6.07) is 9.36. The normalized spacial score (nSPS) is 14.8. The monoisotopic (exact) mass is 398 g/mol. The SMILES string of the molecule is Fc1ccc(F)c(N2CCN(c3ccc4nnc(-c5ccsc5)n4n3)CC2)c1. The van der Waals surface area contributed by atoms with E-state index in [-0.39, 0.29) is 0 Å². The highest BCUT2D eigenvalue weighted by molar-refractivity contribution is 7.08. The van der Waals surface area contributed by atoms with Crippen molar-refractivity contribution in [2.75, 3.05) is 36.0 Å². The van der Waals surface area contributed by atoms with Crippen LogP contribution < -0.4 is 9.80 Å². The van der Waals surface area contributed by atoms with Crippen molar-refractivity contribution in [1.29, 1.82) is 0 Å². The van der Waals surface area contributed by atoms with Crippen LogP contribution in [0.1, 0.15) is 0 Å². The van der Waals surface area contributed by atoms with E-state index in [2.05, 4.69) is 15.1 Å². The molecule has 5 rings (SSSR count). The summed E-state index contributed by atoms with van der Waals surface area (Å²) in [6.07, 6.45) is 0. The average molecular weight is 398 g/mol. The highest BCUT2D eigenvalue weighted by Gasteiger charge is 2.22. The molecule has 0 unspecified atom stereocenters. The van der Waals surface area contributed by atoms with Crippen LogP contribution >= 0.6 is 11.3 Å². The number of aromatic nitrogens is 4. The Labute approximate surface area is 163 Å². The lowest BCUT2D eigenvalue weighted by Crippen LogP contribution is -2.47. The summed E-state index contributed by atoms with van der Waals surface area (Å²) >= 11 is 1.60. The molecule has 142 valence electrons. The molecule has 0 N–H and O–H groups in total. The fraction of sp³-hybridized carbons (Fsp3) is 0.211. The van der Waals surface area contributed by atoms with Crippen LogP contribution in [0.2, 0.25) is 0 Å². The number of piperazine rings is 1. The molecule has 0 atom stereocenters. The second kappa shape index (κ2) is 6.83. The van der Waals surface area contributed by atoms with Gasteiger partial charge in [0.2, 0.25) is 0 Å². The zero-order valence-electron chi connectivity index (χ0n) is 14.8. The molecule has 4 aromatic rings. The highest BCUT2D eigenvalue weighted by atomic mass is 32.1. The van der Waals surface area contributed by atoms with Gasteiger partial charge in [-0.2, -0.15) is 15.9 Å². The Hall–Kier alpha value is -3.07. The molecule has 0 saturated carbocycles. The lowest BCUT2D eigenvalue weighted by molar-refractivity contribution is 0.578. The minimum absolute atomic E-state index is 0.307. The fourth-order valence-electron chi connectivity index (χ4n) is 3.42. The molecular weight excluding hydrogens is 382 g/mol.